The number of piperidine rings is 1. The Morgan fingerprint density at radius 2 is 1.83 bits per heavy atom. The van der Waals surface area contributed by atoms with Crippen molar-refractivity contribution < 1.29 is 22.4 Å². The third kappa shape index (κ3) is 4.38. The van der Waals surface area contributed by atoms with E-state index in [2.05, 4.69) is 10.1 Å². The first kappa shape index (κ1) is 24.1. The fourth-order valence-corrected chi connectivity index (χ4v) is 5.20. The van der Waals surface area contributed by atoms with E-state index in [-0.39, 0.29) is 30.0 Å². The van der Waals surface area contributed by atoms with Crippen molar-refractivity contribution in [2.45, 2.75) is 45.1 Å². The largest absolute Gasteiger partial charge is 0.416 e. The number of rotatable bonds is 4. The minimum Gasteiger partial charge on any atom is -0.368 e. The average Bonchev–Trinajstić information content (AvgIpc) is 3.21. The second-order valence-electron chi connectivity index (χ2n) is 9.25. The van der Waals surface area contributed by atoms with Crippen LogP contribution in [0.2, 0.25) is 0 Å². The number of aromatic nitrogens is 3. The van der Waals surface area contributed by atoms with Crippen molar-refractivity contribution in [1.29, 1.82) is 0 Å². The lowest BCUT2D eigenvalue weighted by atomic mass is 10.0. The van der Waals surface area contributed by atoms with Gasteiger partial charge in [0.25, 0.3) is 0 Å². The van der Waals surface area contributed by atoms with Gasteiger partial charge in [0.1, 0.15) is 5.82 Å². The Hall–Kier alpha value is -3.63. The molecule has 4 heterocycles. The van der Waals surface area contributed by atoms with E-state index in [1.165, 1.54) is 35.4 Å². The molecule has 0 unspecified atom stereocenters. The zero-order valence-electron chi connectivity index (χ0n) is 20.0. The molecule has 0 spiro atoms. The van der Waals surface area contributed by atoms with Crippen LogP contribution in [0.4, 0.5) is 33.9 Å². The molecule has 7 nitrogen and oxygen atoms in total. The fourth-order valence-electron chi connectivity index (χ4n) is 5.20. The number of nitrogens with zero attached hydrogens (tertiary/aromatic N) is 6. The van der Waals surface area contributed by atoms with E-state index in [0.717, 1.165) is 11.6 Å². The molecule has 11 heteroatoms. The number of halogens is 4. The first-order valence-electron chi connectivity index (χ1n) is 11.8. The number of pyridine rings is 1. The molecular formula is C25H26F4N6O. The molecule has 5 rings (SSSR count). The molecule has 2 aliphatic rings. The van der Waals surface area contributed by atoms with Gasteiger partial charge in [-0.2, -0.15) is 18.3 Å². The predicted octanol–water partition coefficient (Wildman–Crippen LogP) is 4.89. The van der Waals surface area contributed by atoms with Crippen LogP contribution in [-0.2, 0) is 26.3 Å². The maximum absolute atomic E-state index is 14.4. The van der Waals surface area contributed by atoms with Crippen molar-refractivity contribution >= 4 is 17.5 Å². The van der Waals surface area contributed by atoms with Crippen LogP contribution in [0, 0.1) is 12.7 Å². The van der Waals surface area contributed by atoms with Crippen molar-refractivity contribution in [2.24, 2.45) is 7.05 Å². The van der Waals surface area contributed by atoms with Crippen molar-refractivity contribution in [2.75, 3.05) is 22.9 Å². The summed E-state index contributed by atoms with van der Waals surface area (Å²) in [6.45, 7) is 2.92. The van der Waals surface area contributed by atoms with Gasteiger partial charge in [0.05, 0.1) is 30.0 Å². The normalized spacial score (nSPS) is 17.1. The van der Waals surface area contributed by atoms with Gasteiger partial charge in [-0.1, -0.05) is 18.2 Å². The van der Waals surface area contributed by atoms with E-state index in [9.17, 15) is 22.4 Å². The van der Waals surface area contributed by atoms with Gasteiger partial charge in [-0.3, -0.25) is 14.6 Å². The van der Waals surface area contributed by atoms with E-state index in [4.69, 9.17) is 0 Å². The molecule has 2 aliphatic heterocycles. The van der Waals surface area contributed by atoms with Gasteiger partial charge < -0.3 is 9.80 Å². The van der Waals surface area contributed by atoms with Crippen LogP contribution in [0.5, 0.6) is 0 Å². The molecule has 0 aliphatic carbocycles. The maximum Gasteiger partial charge on any atom is 0.416 e. The zero-order chi connectivity index (χ0) is 25.6. The summed E-state index contributed by atoms with van der Waals surface area (Å²) in [6, 6.07) is 6.11. The summed E-state index contributed by atoms with van der Waals surface area (Å²) in [7, 11) is 1.72. The number of amides is 2. The topological polar surface area (TPSA) is 57.5 Å². The minimum atomic E-state index is -4.53. The van der Waals surface area contributed by atoms with Crippen LogP contribution >= 0.6 is 0 Å². The Labute approximate surface area is 205 Å². The second kappa shape index (κ2) is 9.11. The summed E-state index contributed by atoms with van der Waals surface area (Å²) in [6.07, 6.45) is -0.107. The summed E-state index contributed by atoms with van der Waals surface area (Å²) in [5.41, 5.74) is 1.10. The Bertz CT molecular complexity index is 1260. The van der Waals surface area contributed by atoms with E-state index in [0.29, 0.717) is 49.7 Å². The Kier molecular flexibility index (Phi) is 6.09. The highest BCUT2D eigenvalue weighted by molar-refractivity contribution is 5.94. The average molecular weight is 503 g/mol. The predicted molar refractivity (Wildman–Crippen MR) is 126 cm³/mol. The zero-order valence-corrected chi connectivity index (χ0v) is 20.0. The molecule has 36 heavy (non-hydrogen) atoms. The number of alkyl halides is 3. The third-order valence-corrected chi connectivity index (χ3v) is 6.89. The van der Waals surface area contributed by atoms with Crippen LogP contribution in [0.25, 0.3) is 0 Å². The van der Waals surface area contributed by atoms with E-state index in [1.807, 2.05) is 4.90 Å². The molecule has 190 valence electrons. The molecule has 3 aromatic rings. The van der Waals surface area contributed by atoms with E-state index >= 15 is 0 Å². The highest BCUT2D eigenvalue weighted by Gasteiger charge is 2.40. The molecule has 0 bridgehead atoms. The molecule has 1 fully saturated rings. The van der Waals surface area contributed by atoms with Crippen LogP contribution < -0.4 is 9.80 Å². The number of aryl methyl sites for hydroxylation is 2. The number of hydrogen-bond donors (Lipinski definition) is 0. The number of urea groups is 1. The van der Waals surface area contributed by atoms with Crippen molar-refractivity contribution in [1.82, 2.24) is 19.7 Å². The molecule has 2 aromatic heterocycles. The number of carbonyl (C=O) groups excluding carboxylic acids is 1. The lowest BCUT2D eigenvalue weighted by molar-refractivity contribution is -0.138. The Morgan fingerprint density at radius 3 is 2.53 bits per heavy atom. The number of fused-ring (bicyclic) bond motifs is 1. The summed E-state index contributed by atoms with van der Waals surface area (Å²) < 4.78 is 56.9. The van der Waals surface area contributed by atoms with Gasteiger partial charge in [-0.05, 0) is 37.5 Å². The van der Waals surface area contributed by atoms with Gasteiger partial charge in [0, 0.05) is 44.1 Å². The SMILES string of the molecule is Cc1nccc(F)c1N1CCC(N2Cc3cn(C)nc3N(Cc3ccccc3C(F)(F)F)C2=O)CC1. The first-order valence-corrected chi connectivity index (χ1v) is 11.8. The molecule has 0 atom stereocenters. The molecule has 0 saturated carbocycles. The molecule has 1 aromatic carbocycles. The number of anilines is 2. The van der Waals surface area contributed by atoms with Gasteiger partial charge >= 0.3 is 12.2 Å². The molecule has 1 saturated heterocycles. The summed E-state index contributed by atoms with van der Waals surface area (Å²) >= 11 is 0. The smallest absolute Gasteiger partial charge is 0.368 e. The standard InChI is InChI=1S/C25H26F4N6O/c1-16-22(21(26)7-10-30-16)33-11-8-19(9-12-33)34-15-18-13-32(2)31-23(18)35(24(34)36)14-17-5-3-4-6-20(17)25(27,28)29/h3-7,10,13,19H,8-9,11-12,14-15H2,1-2H3. The van der Waals surface area contributed by atoms with Crippen LogP contribution in [0.1, 0.15) is 35.2 Å². The van der Waals surface area contributed by atoms with Crippen molar-refractivity contribution in [3.8, 4) is 0 Å². The Balaban J connectivity index is 1.39. The van der Waals surface area contributed by atoms with E-state index < -0.39 is 11.7 Å². The summed E-state index contributed by atoms with van der Waals surface area (Å²) in [5, 5.41) is 4.38. The van der Waals surface area contributed by atoms with Crippen LogP contribution in [0.15, 0.2) is 42.7 Å². The third-order valence-electron chi connectivity index (χ3n) is 6.89. The Morgan fingerprint density at radius 1 is 1.11 bits per heavy atom. The lowest BCUT2D eigenvalue weighted by Gasteiger charge is -2.43. The molecular weight excluding hydrogens is 476 g/mol. The van der Waals surface area contributed by atoms with Crippen LogP contribution in [-0.4, -0.2) is 44.8 Å². The minimum absolute atomic E-state index is 0.00847. The number of carbonyl (C=O) groups is 1. The fraction of sp³-hybridized carbons (Fsp3) is 0.400. The molecule has 2 amide bonds. The monoisotopic (exact) mass is 502 g/mol. The van der Waals surface area contributed by atoms with Crippen LogP contribution in [0.3, 0.4) is 0 Å². The number of hydrogen-bond acceptors (Lipinski definition) is 4. The van der Waals surface area contributed by atoms with E-state index in [1.54, 1.807) is 29.7 Å². The maximum atomic E-state index is 14.4. The van der Waals surface area contributed by atoms with Gasteiger partial charge in [0.15, 0.2) is 5.82 Å². The summed E-state index contributed by atoms with van der Waals surface area (Å²) in [5.74, 6) is 0.0470. The lowest BCUT2D eigenvalue weighted by Crippen LogP contribution is -2.54. The molecule has 0 N–H and O–H groups in total. The van der Waals surface area contributed by atoms with Gasteiger partial charge in [-0.15, -0.1) is 0 Å². The quantitative estimate of drug-likeness (QED) is 0.477. The number of benzene rings is 1. The van der Waals surface area contributed by atoms with Gasteiger partial charge in [-0.25, -0.2) is 9.18 Å². The second-order valence-corrected chi connectivity index (χ2v) is 9.25. The summed E-state index contributed by atoms with van der Waals surface area (Å²) in [4.78, 5) is 22.8. The van der Waals surface area contributed by atoms with Crippen molar-refractivity contribution in [3.05, 3.63) is 70.9 Å². The van der Waals surface area contributed by atoms with Crippen molar-refractivity contribution in [3.63, 3.8) is 0 Å². The first-order chi connectivity index (χ1) is 17.1. The highest BCUT2D eigenvalue weighted by Crippen LogP contribution is 2.36. The van der Waals surface area contributed by atoms with Gasteiger partial charge in [0.2, 0.25) is 0 Å². The highest BCUT2D eigenvalue weighted by atomic mass is 19.4. The molecule has 0 radical (unpaired) electrons.